The van der Waals surface area contributed by atoms with Gasteiger partial charge in [-0.3, -0.25) is 4.68 Å². The molecular formula is C11H14BrN3O. The summed E-state index contributed by atoms with van der Waals surface area (Å²) in [5, 5.41) is 9.13. The van der Waals surface area contributed by atoms with E-state index in [2.05, 4.69) is 40.0 Å². The van der Waals surface area contributed by atoms with Gasteiger partial charge in [0.05, 0.1) is 17.0 Å². The molecule has 86 valence electrons. The van der Waals surface area contributed by atoms with Crippen molar-refractivity contribution >= 4 is 15.9 Å². The molecule has 0 atom stereocenters. The van der Waals surface area contributed by atoms with E-state index < -0.39 is 0 Å². The van der Waals surface area contributed by atoms with E-state index >= 15 is 0 Å². The fourth-order valence-electron chi connectivity index (χ4n) is 1.85. The van der Waals surface area contributed by atoms with Crippen LogP contribution in [0.15, 0.2) is 10.6 Å². The van der Waals surface area contributed by atoms with Crippen molar-refractivity contribution in [2.75, 3.05) is 0 Å². The lowest BCUT2D eigenvalue weighted by Crippen LogP contribution is -1.98. The Morgan fingerprint density at radius 3 is 2.69 bits per heavy atom. The van der Waals surface area contributed by atoms with Gasteiger partial charge in [0, 0.05) is 23.6 Å². The molecule has 2 rings (SSSR count). The first-order chi connectivity index (χ1) is 7.67. The van der Waals surface area contributed by atoms with Gasteiger partial charge >= 0.3 is 0 Å². The Hall–Kier alpha value is -1.10. The predicted molar refractivity (Wildman–Crippen MR) is 65.5 cm³/mol. The topological polar surface area (TPSA) is 43.9 Å². The van der Waals surface area contributed by atoms with Crippen LogP contribution >= 0.6 is 15.9 Å². The van der Waals surface area contributed by atoms with Crippen LogP contribution in [0.25, 0.3) is 11.3 Å². The summed E-state index contributed by atoms with van der Waals surface area (Å²) in [5.41, 5.74) is 4.06. The standard InChI is InChI=1S/C11H14BrN3O/c1-4-15-8(3)11(7(2)13-15)10-5-9(6-12)14-16-10/h5H,4,6H2,1-3H3. The van der Waals surface area contributed by atoms with Gasteiger partial charge in [-0.2, -0.15) is 5.10 Å². The molecular weight excluding hydrogens is 270 g/mol. The van der Waals surface area contributed by atoms with Crippen molar-refractivity contribution in [3.63, 3.8) is 0 Å². The van der Waals surface area contributed by atoms with Gasteiger partial charge in [-0.25, -0.2) is 0 Å². The minimum Gasteiger partial charge on any atom is -0.356 e. The Bertz CT molecular complexity index is 501. The van der Waals surface area contributed by atoms with Crippen LogP contribution < -0.4 is 0 Å². The first kappa shape index (κ1) is 11.4. The second-order valence-corrected chi connectivity index (χ2v) is 4.24. The van der Waals surface area contributed by atoms with Gasteiger partial charge in [0.25, 0.3) is 0 Å². The molecule has 0 aromatic carbocycles. The van der Waals surface area contributed by atoms with Gasteiger partial charge in [-0.05, 0) is 20.8 Å². The number of nitrogens with zero attached hydrogens (tertiary/aromatic N) is 3. The quantitative estimate of drug-likeness (QED) is 0.813. The maximum Gasteiger partial charge on any atom is 0.170 e. The molecule has 0 aliphatic carbocycles. The lowest BCUT2D eigenvalue weighted by molar-refractivity contribution is 0.426. The summed E-state index contributed by atoms with van der Waals surface area (Å²) in [6.07, 6.45) is 0. The summed E-state index contributed by atoms with van der Waals surface area (Å²) in [6, 6.07) is 1.95. The summed E-state index contributed by atoms with van der Waals surface area (Å²) in [4.78, 5) is 0. The largest absolute Gasteiger partial charge is 0.356 e. The number of hydrogen-bond acceptors (Lipinski definition) is 3. The molecule has 0 aliphatic rings. The van der Waals surface area contributed by atoms with Gasteiger partial charge in [0.2, 0.25) is 0 Å². The molecule has 0 radical (unpaired) electrons. The van der Waals surface area contributed by atoms with E-state index in [0.29, 0.717) is 5.33 Å². The normalized spacial score (nSPS) is 11.0. The first-order valence-electron chi connectivity index (χ1n) is 5.23. The predicted octanol–water partition coefficient (Wildman–Crippen LogP) is 3.07. The van der Waals surface area contributed by atoms with Crippen LogP contribution in [0.3, 0.4) is 0 Å². The Balaban J connectivity index is 2.50. The molecule has 0 unspecified atom stereocenters. The van der Waals surface area contributed by atoms with Crippen molar-refractivity contribution in [2.24, 2.45) is 0 Å². The number of hydrogen-bond donors (Lipinski definition) is 0. The molecule has 0 spiro atoms. The van der Waals surface area contributed by atoms with Gasteiger partial charge in [-0.1, -0.05) is 21.1 Å². The summed E-state index contributed by atoms with van der Waals surface area (Å²) in [7, 11) is 0. The number of rotatable bonds is 3. The number of halogens is 1. The Labute approximate surface area is 103 Å². The molecule has 2 aromatic rings. The monoisotopic (exact) mass is 283 g/mol. The molecule has 5 heteroatoms. The second kappa shape index (κ2) is 4.41. The van der Waals surface area contributed by atoms with Gasteiger partial charge < -0.3 is 4.52 Å². The average molecular weight is 284 g/mol. The highest BCUT2D eigenvalue weighted by atomic mass is 79.9. The molecule has 16 heavy (non-hydrogen) atoms. The average Bonchev–Trinajstić information content (AvgIpc) is 2.83. The van der Waals surface area contributed by atoms with E-state index in [0.717, 1.165) is 35.0 Å². The van der Waals surface area contributed by atoms with Crippen molar-refractivity contribution in [3.8, 4) is 11.3 Å². The zero-order valence-electron chi connectivity index (χ0n) is 9.62. The van der Waals surface area contributed by atoms with E-state index in [1.54, 1.807) is 0 Å². The molecule has 0 saturated carbocycles. The van der Waals surface area contributed by atoms with Gasteiger partial charge in [-0.15, -0.1) is 0 Å². The van der Waals surface area contributed by atoms with Crippen LogP contribution in [0.2, 0.25) is 0 Å². The molecule has 0 aliphatic heterocycles. The Morgan fingerprint density at radius 2 is 2.19 bits per heavy atom. The zero-order valence-corrected chi connectivity index (χ0v) is 11.2. The van der Waals surface area contributed by atoms with Crippen molar-refractivity contribution < 1.29 is 4.52 Å². The third-order valence-corrected chi connectivity index (χ3v) is 3.20. The minimum absolute atomic E-state index is 0.705. The Morgan fingerprint density at radius 1 is 1.44 bits per heavy atom. The van der Waals surface area contributed by atoms with E-state index in [9.17, 15) is 0 Å². The van der Waals surface area contributed by atoms with Crippen LogP contribution in [0.4, 0.5) is 0 Å². The molecule has 0 N–H and O–H groups in total. The zero-order chi connectivity index (χ0) is 11.7. The third kappa shape index (κ3) is 1.80. The van der Waals surface area contributed by atoms with Crippen molar-refractivity contribution in [1.82, 2.24) is 14.9 Å². The lowest BCUT2D eigenvalue weighted by atomic mass is 10.1. The summed E-state index contributed by atoms with van der Waals surface area (Å²) < 4.78 is 7.30. The number of aromatic nitrogens is 3. The van der Waals surface area contributed by atoms with E-state index in [-0.39, 0.29) is 0 Å². The van der Waals surface area contributed by atoms with Gasteiger partial charge in [0.15, 0.2) is 5.76 Å². The molecule has 2 heterocycles. The van der Waals surface area contributed by atoms with Crippen LogP contribution in [0, 0.1) is 13.8 Å². The highest BCUT2D eigenvalue weighted by Crippen LogP contribution is 2.27. The molecule has 2 aromatic heterocycles. The summed E-state index contributed by atoms with van der Waals surface area (Å²) in [6.45, 7) is 6.99. The summed E-state index contributed by atoms with van der Waals surface area (Å²) >= 11 is 3.36. The maximum atomic E-state index is 5.33. The number of alkyl halides is 1. The molecule has 0 fully saturated rings. The number of aryl methyl sites for hydroxylation is 2. The molecule has 4 nitrogen and oxygen atoms in total. The highest BCUT2D eigenvalue weighted by molar-refractivity contribution is 9.08. The molecule has 0 amide bonds. The fourth-order valence-corrected chi connectivity index (χ4v) is 2.12. The van der Waals surface area contributed by atoms with Crippen LogP contribution in [0.5, 0.6) is 0 Å². The minimum atomic E-state index is 0.705. The van der Waals surface area contributed by atoms with Crippen LogP contribution in [-0.2, 0) is 11.9 Å². The Kier molecular flexibility index (Phi) is 3.14. The smallest absolute Gasteiger partial charge is 0.170 e. The maximum absolute atomic E-state index is 5.33. The van der Waals surface area contributed by atoms with Crippen molar-refractivity contribution in [2.45, 2.75) is 32.6 Å². The van der Waals surface area contributed by atoms with Crippen LogP contribution in [0.1, 0.15) is 24.0 Å². The highest BCUT2D eigenvalue weighted by Gasteiger charge is 2.16. The van der Waals surface area contributed by atoms with Crippen molar-refractivity contribution in [3.05, 3.63) is 23.1 Å². The van der Waals surface area contributed by atoms with Crippen molar-refractivity contribution in [1.29, 1.82) is 0 Å². The lowest BCUT2D eigenvalue weighted by Gasteiger charge is -1.98. The van der Waals surface area contributed by atoms with E-state index in [1.165, 1.54) is 0 Å². The third-order valence-electron chi connectivity index (χ3n) is 2.62. The first-order valence-corrected chi connectivity index (χ1v) is 6.35. The summed E-state index contributed by atoms with van der Waals surface area (Å²) in [5.74, 6) is 0.796. The van der Waals surface area contributed by atoms with Gasteiger partial charge in [0.1, 0.15) is 0 Å². The SMILES string of the molecule is CCn1nc(C)c(-c2cc(CBr)no2)c1C. The van der Waals surface area contributed by atoms with E-state index in [1.807, 2.05) is 17.7 Å². The second-order valence-electron chi connectivity index (χ2n) is 3.68. The molecule has 0 saturated heterocycles. The van der Waals surface area contributed by atoms with Crippen LogP contribution in [-0.4, -0.2) is 14.9 Å². The molecule has 0 bridgehead atoms. The van der Waals surface area contributed by atoms with E-state index in [4.69, 9.17) is 4.52 Å². The fraction of sp³-hybridized carbons (Fsp3) is 0.455.